The topological polar surface area (TPSA) is 103 Å². The van der Waals surface area contributed by atoms with Gasteiger partial charge in [0.15, 0.2) is 0 Å². The molecule has 3 aliphatic heterocycles. The summed E-state index contributed by atoms with van der Waals surface area (Å²) in [5.74, 6) is 0.922. The Morgan fingerprint density at radius 1 is 1.11 bits per heavy atom. The van der Waals surface area contributed by atoms with E-state index < -0.39 is 6.04 Å². The Hall–Kier alpha value is -4.15. The molecule has 2 N–H and O–H groups in total. The van der Waals surface area contributed by atoms with E-state index in [-0.39, 0.29) is 43.9 Å². The number of amides is 4. The predicted octanol–water partition coefficient (Wildman–Crippen LogP) is 2.58. The standard InChI is InChI=1S/C28H31N5O5/c1-2-12-33-23-19-31(13-11-24(34)30-32-14-16-37-17-15-32)27(35)25(23)26(29-28(33)36)20-7-6-10-22(18-20)38-21-8-4-3-5-9-21/h2-10,18,26H,1,11-17,19H2,(H,29,36)(H,30,34)/t26-/m0/s1. The molecule has 1 saturated heterocycles. The van der Waals surface area contributed by atoms with Crippen LogP contribution in [0.4, 0.5) is 4.79 Å². The van der Waals surface area contributed by atoms with Gasteiger partial charge in [-0.3, -0.25) is 19.9 Å². The molecule has 2 aromatic rings. The third-order valence-corrected chi connectivity index (χ3v) is 6.68. The van der Waals surface area contributed by atoms with Crippen molar-refractivity contribution < 1.29 is 23.9 Å². The first-order valence-electron chi connectivity index (χ1n) is 12.7. The fourth-order valence-electron chi connectivity index (χ4n) is 4.83. The molecule has 4 amide bonds. The van der Waals surface area contributed by atoms with Gasteiger partial charge < -0.3 is 19.7 Å². The quantitative estimate of drug-likeness (QED) is 0.496. The van der Waals surface area contributed by atoms with E-state index in [2.05, 4.69) is 17.3 Å². The molecule has 0 saturated carbocycles. The van der Waals surface area contributed by atoms with Gasteiger partial charge in [-0.2, -0.15) is 0 Å². The molecule has 10 heteroatoms. The van der Waals surface area contributed by atoms with Crippen LogP contribution in [0.2, 0.25) is 0 Å². The highest BCUT2D eigenvalue weighted by Crippen LogP contribution is 2.37. The predicted molar refractivity (Wildman–Crippen MR) is 140 cm³/mol. The maximum Gasteiger partial charge on any atom is 0.322 e. The number of hydrogen-bond donors (Lipinski definition) is 2. The maximum absolute atomic E-state index is 13.6. The number of para-hydroxylation sites is 1. The largest absolute Gasteiger partial charge is 0.457 e. The Labute approximate surface area is 221 Å². The average Bonchev–Trinajstić information content (AvgIpc) is 3.26. The highest BCUT2D eigenvalue weighted by molar-refractivity contribution is 6.01. The van der Waals surface area contributed by atoms with Crippen molar-refractivity contribution in [1.82, 2.24) is 25.6 Å². The molecule has 0 aliphatic carbocycles. The molecule has 0 spiro atoms. The van der Waals surface area contributed by atoms with Crippen molar-refractivity contribution in [2.75, 3.05) is 45.9 Å². The number of ether oxygens (including phenoxy) is 2. The van der Waals surface area contributed by atoms with Gasteiger partial charge >= 0.3 is 6.03 Å². The van der Waals surface area contributed by atoms with Crippen molar-refractivity contribution >= 4 is 17.8 Å². The number of rotatable bonds is 9. The third kappa shape index (κ3) is 5.56. The molecule has 38 heavy (non-hydrogen) atoms. The lowest BCUT2D eigenvalue weighted by Crippen LogP contribution is -2.49. The normalized spacial score (nSPS) is 19.7. The van der Waals surface area contributed by atoms with Crippen LogP contribution < -0.4 is 15.5 Å². The Bertz CT molecular complexity index is 1240. The number of benzene rings is 2. The molecule has 2 aromatic carbocycles. The van der Waals surface area contributed by atoms with Crippen molar-refractivity contribution in [2.45, 2.75) is 12.5 Å². The van der Waals surface area contributed by atoms with Gasteiger partial charge in [0, 0.05) is 32.6 Å². The summed E-state index contributed by atoms with van der Waals surface area (Å²) < 4.78 is 11.3. The van der Waals surface area contributed by atoms with Gasteiger partial charge in [-0.1, -0.05) is 36.4 Å². The van der Waals surface area contributed by atoms with Crippen LogP contribution in [0.25, 0.3) is 0 Å². The summed E-state index contributed by atoms with van der Waals surface area (Å²) in [4.78, 5) is 42.4. The molecule has 0 bridgehead atoms. The molecular formula is C28H31N5O5. The number of hydrazine groups is 1. The van der Waals surface area contributed by atoms with E-state index >= 15 is 0 Å². The molecule has 0 unspecified atom stereocenters. The van der Waals surface area contributed by atoms with Gasteiger partial charge in [-0.25, -0.2) is 9.80 Å². The average molecular weight is 518 g/mol. The molecule has 5 rings (SSSR count). The van der Waals surface area contributed by atoms with Crippen molar-refractivity contribution in [3.05, 3.63) is 84.1 Å². The lowest BCUT2D eigenvalue weighted by atomic mass is 9.95. The monoisotopic (exact) mass is 517 g/mol. The number of urea groups is 1. The van der Waals surface area contributed by atoms with Crippen LogP contribution in [0.3, 0.4) is 0 Å². The fraction of sp³-hybridized carbons (Fsp3) is 0.321. The molecule has 3 aliphatic rings. The minimum atomic E-state index is -0.641. The highest BCUT2D eigenvalue weighted by atomic mass is 16.5. The Balaban J connectivity index is 1.33. The minimum Gasteiger partial charge on any atom is -0.457 e. The van der Waals surface area contributed by atoms with Crippen LogP contribution in [0.1, 0.15) is 18.0 Å². The second-order valence-electron chi connectivity index (χ2n) is 9.24. The Morgan fingerprint density at radius 2 is 1.87 bits per heavy atom. The van der Waals surface area contributed by atoms with E-state index in [9.17, 15) is 14.4 Å². The summed E-state index contributed by atoms with van der Waals surface area (Å²) in [6.07, 6.45) is 1.78. The number of morpholine rings is 1. The molecule has 0 radical (unpaired) electrons. The number of nitrogens with one attached hydrogen (secondary N) is 2. The number of nitrogens with zero attached hydrogens (tertiary/aromatic N) is 3. The first-order valence-corrected chi connectivity index (χ1v) is 12.7. The lowest BCUT2D eigenvalue weighted by Gasteiger charge is -2.33. The number of carbonyl (C=O) groups is 3. The molecule has 1 atom stereocenters. The zero-order valence-electron chi connectivity index (χ0n) is 21.1. The smallest absolute Gasteiger partial charge is 0.322 e. The molecule has 1 fully saturated rings. The van der Waals surface area contributed by atoms with Gasteiger partial charge in [0.25, 0.3) is 5.91 Å². The van der Waals surface area contributed by atoms with Gasteiger partial charge in [-0.15, -0.1) is 6.58 Å². The van der Waals surface area contributed by atoms with Crippen LogP contribution in [0, 0.1) is 0 Å². The van der Waals surface area contributed by atoms with E-state index in [1.165, 1.54) is 4.90 Å². The van der Waals surface area contributed by atoms with E-state index in [4.69, 9.17) is 9.47 Å². The number of hydrogen-bond acceptors (Lipinski definition) is 6. The van der Waals surface area contributed by atoms with Crippen LogP contribution in [0.15, 0.2) is 78.5 Å². The van der Waals surface area contributed by atoms with Crippen LogP contribution in [-0.2, 0) is 14.3 Å². The first kappa shape index (κ1) is 25.5. The highest BCUT2D eigenvalue weighted by Gasteiger charge is 2.43. The van der Waals surface area contributed by atoms with Crippen LogP contribution >= 0.6 is 0 Å². The van der Waals surface area contributed by atoms with Crippen molar-refractivity contribution in [3.8, 4) is 11.5 Å². The molecule has 10 nitrogen and oxygen atoms in total. The summed E-state index contributed by atoms with van der Waals surface area (Å²) in [5, 5.41) is 4.81. The van der Waals surface area contributed by atoms with Gasteiger partial charge in [0.1, 0.15) is 11.5 Å². The maximum atomic E-state index is 13.6. The summed E-state index contributed by atoms with van der Waals surface area (Å²) in [7, 11) is 0. The van der Waals surface area contributed by atoms with Crippen molar-refractivity contribution in [3.63, 3.8) is 0 Å². The van der Waals surface area contributed by atoms with Crippen molar-refractivity contribution in [2.24, 2.45) is 0 Å². The van der Waals surface area contributed by atoms with Crippen molar-refractivity contribution in [1.29, 1.82) is 0 Å². The Morgan fingerprint density at radius 3 is 2.63 bits per heavy atom. The zero-order chi connectivity index (χ0) is 26.5. The van der Waals surface area contributed by atoms with E-state index in [0.717, 1.165) is 5.56 Å². The molecule has 198 valence electrons. The van der Waals surface area contributed by atoms with E-state index in [1.54, 1.807) is 11.0 Å². The summed E-state index contributed by atoms with van der Waals surface area (Å²) >= 11 is 0. The van der Waals surface area contributed by atoms with Gasteiger partial charge in [0.2, 0.25) is 5.91 Å². The minimum absolute atomic E-state index is 0.150. The van der Waals surface area contributed by atoms with E-state index in [0.29, 0.717) is 49.1 Å². The van der Waals surface area contributed by atoms with Crippen LogP contribution in [-0.4, -0.2) is 78.6 Å². The second-order valence-corrected chi connectivity index (χ2v) is 9.24. The number of carbonyl (C=O) groups excluding carboxylic acids is 3. The zero-order valence-corrected chi connectivity index (χ0v) is 21.1. The van der Waals surface area contributed by atoms with E-state index in [1.807, 2.05) is 59.6 Å². The second kappa shape index (κ2) is 11.5. The van der Waals surface area contributed by atoms with Gasteiger partial charge in [0.05, 0.1) is 37.1 Å². The fourth-order valence-corrected chi connectivity index (χ4v) is 4.83. The Kier molecular flexibility index (Phi) is 7.71. The molecule has 3 heterocycles. The van der Waals surface area contributed by atoms with Crippen LogP contribution in [0.5, 0.6) is 11.5 Å². The summed E-state index contributed by atoms with van der Waals surface area (Å²) in [6.45, 7) is 6.91. The molecule has 0 aromatic heterocycles. The summed E-state index contributed by atoms with van der Waals surface area (Å²) in [6, 6.07) is 15.8. The third-order valence-electron chi connectivity index (χ3n) is 6.68. The summed E-state index contributed by atoms with van der Waals surface area (Å²) in [5.41, 5.74) is 4.74. The SMILES string of the molecule is C=CCN1C(=O)N[C@@H](c2cccc(Oc3ccccc3)c2)C2=C1CN(CCC(=O)NN1CCOCC1)C2=O. The van der Waals surface area contributed by atoms with Gasteiger partial charge in [-0.05, 0) is 29.8 Å². The first-order chi connectivity index (χ1) is 18.5. The molecular weight excluding hydrogens is 486 g/mol. The lowest BCUT2D eigenvalue weighted by molar-refractivity contribution is -0.130.